The monoisotopic (exact) mass is 425 g/mol. The maximum atomic E-state index is 14.1. The molecule has 0 aliphatic rings. The first kappa shape index (κ1) is 20.9. The molecule has 0 unspecified atom stereocenters. The zero-order valence-electron chi connectivity index (χ0n) is 16.5. The van der Waals surface area contributed by atoms with Gasteiger partial charge in [0.1, 0.15) is 17.4 Å². The Morgan fingerprint density at radius 2 is 1.90 bits per heavy atom. The molecular weight excluding hydrogens is 407 g/mol. The van der Waals surface area contributed by atoms with Crippen molar-refractivity contribution in [2.45, 2.75) is 19.4 Å². The lowest BCUT2D eigenvalue weighted by Crippen LogP contribution is -2.30. The van der Waals surface area contributed by atoms with Gasteiger partial charge in [0.2, 0.25) is 0 Å². The van der Waals surface area contributed by atoms with Crippen LogP contribution >= 0.6 is 0 Å². The molecule has 31 heavy (non-hydrogen) atoms. The SMILES string of the molecule is Cn1ncc2c(=O)n(CCC(=O)Cc3ccc(B(O)O)cc3F)c3cc(F)ccc3c21. The average Bonchev–Trinajstić information content (AvgIpc) is 3.11. The zero-order valence-corrected chi connectivity index (χ0v) is 16.5. The van der Waals surface area contributed by atoms with E-state index in [9.17, 15) is 18.4 Å². The second kappa shape index (κ2) is 8.05. The van der Waals surface area contributed by atoms with Gasteiger partial charge in [-0.2, -0.15) is 5.10 Å². The highest BCUT2D eigenvalue weighted by Gasteiger charge is 2.17. The molecule has 2 aromatic heterocycles. The molecule has 0 saturated heterocycles. The lowest BCUT2D eigenvalue weighted by Gasteiger charge is -2.12. The van der Waals surface area contributed by atoms with Crippen molar-refractivity contribution in [2.75, 3.05) is 0 Å². The maximum Gasteiger partial charge on any atom is 0.488 e. The Labute approximate surface area is 175 Å². The molecule has 0 aliphatic heterocycles. The Hall–Kier alpha value is -3.37. The Morgan fingerprint density at radius 1 is 1.13 bits per heavy atom. The number of pyridine rings is 1. The highest BCUT2D eigenvalue weighted by molar-refractivity contribution is 6.58. The minimum Gasteiger partial charge on any atom is -0.423 e. The molecular formula is C21H18BF2N3O4. The summed E-state index contributed by atoms with van der Waals surface area (Å²) in [5, 5.41) is 23.3. The summed E-state index contributed by atoms with van der Waals surface area (Å²) in [6, 6.07) is 7.72. The predicted octanol–water partition coefficient (Wildman–Crippen LogP) is 1.05. The predicted molar refractivity (Wildman–Crippen MR) is 112 cm³/mol. The number of hydrogen-bond acceptors (Lipinski definition) is 5. The zero-order chi connectivity index (χ0) is 22.3. The second-order valence-electron chi connectivity index (χ2n) is 7.34. The molecule has 4 aromatic rings. The summed E-state index contributed by atoms with van der Waals surface area (Å²) in [5.74, 6) is -1.55. The van der Waals surface area contributed by atoms with E-state index in [1.54, 1.807) is 17.8 Å². The summed E-state index contributed by atoms with van der Waals surface area (Å²) in [7, 11) is -0.115. The second-order valence-corrected chi connectivity index (χ2v) is 7.34. The normalized spacial score (nSPS) is 11.4. The average molecular weight is 425 g/mol. The van der Waals surface area contributed by atoms with Gasteiger partial charge in [0.05, 0.1) is 22.6 Å². The first-order valence-corrected chi connectivity index (χ1v) is 9.56. The molecule has 0 aliphatic carbocycles. The first-order chi connectivity index (χ1) is 14.8. The third-order valence-electron chi connectivity index (χ3n) is 5.30. The summed E-state index contributed by atoms with van der Waals surface area (Å²) >= 11 is 0. The van der Waals surface area contributed by atoms with Crippen LogP contribution in [-0.4, -0.2) is 37.3 Å². The van der Waals surface area contributed by atoms with Crippen LogP contribution in [0.5, 0.6) is 0 Å². The van der Waals surface area contributed by atoms with Crippen LogP contribution in [0.2, 0.25) is 0 Å². The van der Waals surface area contributed by atoms with Gasteiger partial charge >= 0.3 is 7.12 Å². The number of halogens is 2. The molecule has 0 fully saturated rings. The van der Waals surface area contributed by atoms with E-state index in [4.69, 9.17) is 10.0 Å². The van der Waals surface area contributed by atoms with Crippen LogP contribution in [0.4, 0.5) is 8.78 Å². The summed E-state index contributed by atoms with van der Waals surface area (Å²) in [5.41, 5.74) is 0.637. The van der Waals surface area contributed by atoms with Crippen molar-refractivity contribution in [1.29, 1.82) is 0 Å². The Balaban J connectivity index is 1.63. The fraction of sp³-hybridized carbons (Fsp3) is 0.190. The third kappa shape index (κ3) is 3.87. The van der Waals surface area contributed by atoms with Crippen LogP contribution < -0.4 is 11.0 Å². The van der Waals surface area contributed by atoms with Crippen LogP contribution in [0.15, 0.2) is 47.4 Å². The van der Waals surface area contributed by atoms with E-state index in [2.05, 4.69) is 5.10 Å². The molecule has 10 heteroatoms. The van der Waals surface area contributed by atoms with E-state index < -0.39 is 18.8 Å². The van der Waals surface area contributed by atoms with E-state index in [1.807, 2.05) is 0 Å². The highest BCUT2D eigenvalue weighted by Crippen LogP contribution is 2.23. The molecule has 0 saturated carbocycles. The van der Waals surface area contributed by atoms with Crippen molar-refractivity contribution in [1.82, 2.24) is 14.3 Å². The largest absolute Gasteiger partial charge is 0.488 e. The number of aryl methyl sites for hydroxylation is 2. The molecule has 158 valence electrons. The summed E-state index contributed by atoms with van der Waals surface area (Å²) in [6.07, 6.45) is 1.15. The van der Waals surface area contributed by atoms with Crippen LogP contribution in [0.25, 0.3) is 21.8 Å². The number of Topliss-reactive ketones (excluding diaryl/α,β-unsaturated/α-hetero) is 1. The van der Waals surface area contributed by atoms with Gasteiger partial charge in [-0.1, -0.05) is 12.1 Å². The minimum absolute atomic E-state index is 0.00247. The minimum atomic E-state index is -1.80. The topological polar surface area (TPSA) is 97.4 Å². The Bertz CT molecular complexity index is 1380. The van der Waals surface area contributed by atoms with Crippen LogP contribution in [0, 0.1) is 11.6 Å². The number of carbonyl (C=O) groups is 1. The number of ketones is 1. The van der Waals surface area contributed by atoms with Crippen molar-refractivity contribution < 1.29 is 23.6 Å². The lowest BCUT2D eigenvalue weighted by atomic mass is 9.79. The molecule has 2 N–H and O–H groups in total. The fourth-order valence-electron chi connectivity index (χ4n) is 3.72. The van der Waals surface area contributed by atoms with Gasteiger partial charge in [-0.3, -0.25) is 14.3 Å². The Morgan fingerprint density at radius 3 is 2.61 bits per heavy atom. The van der Waals surface area contributed by atoms with Crippen molar-refractivity contribution in [3.05, 3.63) is 70.1 Å². The van der Waals surface area contributed by atoms with Crippen molar-refractivity contribution >= 4 is 40.2 Å². The van der Waals surface area contributed by atoms with E-state index in [-0.39, 0.29) is 41.8 Å². The smallest absolute Gasteiger partial charge is 0.423 e. The van der Waals surface area contributed by atoms with Crippen LogP contribution in [0.3, 0.4) is 0 Å². The number of aromatic nitrogens is 3. The number of benzene rings is 2. The molecule has 0 amide bonds. The van der Waals surface area contributed by atoms with Gasteiger partial charge in [-0.05, 0) is 35.3 Å². The van der Waals surface area contributed by atoms with Gasteiger partial charge in [-0.15, -0.1) is 0 Å². The summed E-state index contributed by atoms with van der Waals surface area (Å²) in [4.78, 5) is 25.4. The van der Waals surface area contributed by atoms with E-state index >= 15 is 0 Å². The van der Waals surface area contributed by atoms with Crippen molar-refractivity contribution in [3.63, 3.8) is 0 Å². The van der Waals surface area contributed by atoms with Gasteiger partial charge in [0.15, 0.2) is 0 Å². The molecule has 0 atom stereocenters. The maximum absolute atomic E-state index is 14.1. The number of nitrogens with zero attached hydrogens (tertiary/aromatic N) is 3. The molecule has 7 nitrogen and oxygen atoms in total. The van der Waals surface area contributed by atoms with Gasteiger partial charge < -0.3 is 14.6 Å². The van der Waals surface area contributed by atoms with Crippen LogP contribution in [-0.2, 0) is 24.8 Å². The number of fused-ring (bicyclic) bond motifs is 3. The van der Waals surface area contributed by atoms with E-state index in [0.717, 1.165) is 6.07 Å². The van der Waals surface area contributed by atoms with Crippen molar-refractivity contribution in [2.24, 2.45) is 7.05 Å². The van der Waals surface area contributed by atoms with Gasteiger partial charge in [0, 0.05) is 31.8 Å². The Kier molecular flexibility index (Phi) is 5.42. The third-order valence-corrected chi connectivity index (χ3v) is 5.30. The molecule has 2 aromatic carbocycles. The molecule has 0 radical (unpaired) electrons. The van der Waals surface area contributed by atoms with Crippen LogP contribution in [0.1, 0.15) is 12.0 Å². The summed E-state index contributed by atoms with van der Waals surface area (Å²) in [6.45, 7) is -0.00247. The van der Waals surface area contributed by atoms with Gasteiger partial charge in [0.25, 0.3) is 5.56 Å². The molecule has 4 rings (SSSR count). The molecule has 0 bridgehead atoms. The quantitative estimate of drug-likeness (QED) is 0.451. The standard InChI is InChI=1S/C21H18BF2N3O4/c1-26-20-16-5-4-14(23)10-19(16)27(21(29)17(20)11-25-26)7-6-15(28)8-12-2-3-13(22(30)31)9-18(12)24/h2-5,9-11,30-31H,6-8H2,1H3. The van der Waals surface area contributed by atoms with E-state index in [1.165, 1.54) is 35.0 Å². The summed E-state index contributed by atoms with van der Waals surface area (Å²) < 4.78 is 30.9. The number of hydrogen-bond donors (Lipinski definition) is 2. The first-order valence-electron chi connectivity index (χ1n) is 9.56. The fourth-order valence-corrected chi connectivity index (χ4v) is 3.72. The number of carbonyl (C=O) groups excluding carboxylic acids is 1. The molecule has 2 heterocycles. The lowest BCUT2D eigenvalue weighted by molar-refractivity contribution is -0.118. The molecule has 0 spiro atoms. The van der Waals surface area contributed by atoms with Crippen molar-refractivity contribution in [3.8, 4) is 0 Å². The van der Waals surface area contributed by atoms with Gasteiger partial charge in [-0.25, -0.2) is 8.78 Å². The van der Waals surface area contributed by atoms with E-state index in [0.29, 0.717) is 21.8 Å². The highest BCUT2D eigenvalue weighted by atomic mass is 19.1. The number of rotatable bonds is 6.